The maximum Gasteiger partial charge on any atom is 0.248 e. The zero-order valence-electron chi connectivity index (χ0n) is 10.3. The molecule has 0 aromatic heterocycles. The monoisotopic (exact) mass is 312 g/mol. The number of amides is 2. The zero-order chi connectivity index (χ0) is 13.5. The van der Waals surface area contributed by atoms with Crippen molar-refractivity contribution in [2.24, 2.45) is 5.73 Å². The van der Waals surface area contributed by atoms with Crippen molar-refractivity contribution in [3.05, 3.63) is 35.4 Å². The Morgan fingerprint density at radius 2 is 2.06 bits per heavy atom. The van der Waals surface area contributed by atoms with Gasteiger partial charge in [-0.05, 0) is 31.4 Å². The molecule has 98 valence electrons. The minimum atomic E-state index is -0.414. The molecule has 2 amide bonds. The highest BCUT2D eigenvalue weighted by molar-refractivity contribution is 9.09. The van der Waals surface area contributed by atoms with Gasteiger partial charge in [0.05, 0.1) is 5.33 Å². The summed E-state index contributed by atoms with van der Waals surface area (Å²) in [6.07, 6.45) is 1.48. The van der Waals surface area contributed by atoms with Gasteiger partial charge >= 0.3 is 0 Å². The highest BCUT2D eigenvalue weighted by Crippen LogP contribution is 2.11. The summed E-state index contributed by atoms with van der Waals surface area (Å²) in [5.41, 5.74) is 6.78. The minimum absolute atomic E-state index is 0.0364. The lowest BCUT2D eigenvalue weighted by Gasteiger charge is -2.13. The van der Waals surface area contributed by atoms with Crippen LogP contribution in [0.25, 0.3) is 0 Å². The number of aryl methyl sites for hydroxylation is 1. The lowest BCUT2D eigenvalue weighted by Crippen LogP contribution is -2.33. The lowest BCUT2D eigenvalue weighted by atomic mass is 10.0. The average molecular weight is 313 g/mol. The molecule has 0 saturated carbocycles. The number of nitrogens with one attached hydrogen (secondary N) is 1. The molecule has 0 radical (unpaired) electrons. The Bertz CT molecular complexity index is 435. The second-order valence-corrected chi connectivity index (χ2v) is 4.72. The van der Waals surface area contributed by atoms with Crippen molar-refractivity contribution in [2.75, 3.05) is 5.33 Å². The van der Waals surface area contributed by atoms with Crippen LogP contribution in [0, 0.1) is 0 Å². The average Bonchev–Trinajstić information content (AvgIpc) is 2.36. The molecule has 4 nitrogen and oxygen atoms in total. The van der Waals surface area contributed by atoms with Gasteiger partial charge < -0.3 is 11.1 Å². The normalized spacial score (nSPS) is 11.9. The number of alkyl halides is 1. The van der Waals surface area contributed by atoms with E-state index in [2.05, 4.69) is 21.2 Å². The van der Waals surface area contributed by atoms with Crippen LogP contribution in [0.3, 0.4) is 0 Å². The van der Waals surface area contributed by atoms with E-state index in [4.69, 9.17) is 5.73 Å². The Morgan fingerprint density at radius 3 is 2.67 bits per heavy atom. The first-order valence-electron chi connectivity index (χ1n) is 5.77. The Morgan fingerprint density at radius 1 is 1.39 bits per heavy atom. The molecule has 1 atom stereocenters. The standard InChI is InChI=1S/C13H17BrN2O2/c1-9(16-12(17)8-14)6-7-10-4-2-3-5-11(10)13(15)18/h2-5,9H,6-8H2,1H3,(H2,15,18)(H,16,17). The fraction of sp³-hybridized carbons (Fsp3) is 0.385. The van der Waals surface area contributed by atoms with Crippen LogP contribution in [0.2, 0.25) is 0 Å². The topological polar surface area (TPSA) is 72.2 Å². The Balaban J connectivity index is 2.58. The molecule has 0 aliphatic carbocycles. The zero-order valence-corrected chi connectivity index (χ0v) is 11.9. The Hall–Kier alpha value is -1.36. The lowest BCUT2D eigenvalue weighted by molar-refractivity contribution is -0.119. The fourth-order valence-corrected chi connectivity index (χ4v) is 1.90. The largest absolute Gasteiger partial charge is 0.366 e. The molecule has 18 heavy (non-hydrogen) atoms. The quantitative estimate of drug-likeness (QED) is 0.783. The molecular weight excluding hydrogens is 296 g/mol. The van der Waals surface area contributed by atoms with Gasteiger partial charge in [-0.2, -0.15) is 0 Å². The van der Waals surface area contributed by atoms with Crippen molar-refractivity contribution in [2.45, 2.75) is 25.8 Å². The number of halogens is 1. The Labute approximate surface area is 115 Å². The third-order valence-corrected chi connectivity index (χ3v) is 3.17. The maximum atomic E-state index is 11.2. The third kappa shape index (κ3) is 4.49. The van der Waals surface area contributed by atoms with Gasteiger partial charge in [0.15, 0.2) is 0 Å². The maximum absolute atomic E-state index is 11.2. The summed E-state index contributed by atoms with van der Waals surface area (Å²) in [5.74, 6) is -0.451. The molecule has 0 saturated heterocycles. The number of carbonyl (C=O) groups is 2. The van der Waals surface area contributed by atoms with Crippen LogP contribution >= 0.6 is 15.9 Å². The van der Waals surface area contributed by atoms with Crippen LogP contribution in [0.4, 0.5) is 0 Å². The third-order valence-electron chi connectivity index (χ3n) is 2.66. The van der Waals surface area contributed by atoms with Gasteiger partial charge in [0.1, 0.15) is 0 Å². The number of hydrogen-bond donors (Lipinski definition) is 2. The van der Waals surface area contributed by atoms with Crippen molar-refractivity contribution < 1.29 is 9.59 Å². The first kappa shape index (κ1) is 14.7. The van der Waals surface area contributed by atoms with Gasteiger partial charge in [0.25, 0.3) is 0 Å². The summed E-state index contributed by atoms with van der Waals surface area (Å²) >= 11 is 3.10. The van der Waals surface area contributed by atoms with Gasteiger partial charge in [-0.25, -0.2) is 0 Å². The van der Waals surface area contributed by atoms with Crippen LogP contribution in [0.5, 0.6) is 0 Å². The minimum Gasteiger partial charge on any atom is -0.366 e. The van der Waals surface area contributed by atoms with Gasteiger partial charge in [0, 0.05) is 11.6 Å². The molecule has 5 heteroatoms. The molecule has 0 bridgehead atoms. The number of carbonyl (C=O) groups excluding carboxylic acids is 2. The summed E-state index contributed by atoms with van der Waals surface area (Å²) in [6.45, 7) is 1.94. The van der Waals surface area contributed by atoms with Crippen LogP contribution < -0.4 is 11.1 Å². The van der Waals surface area contributed by atoms with E-state index in [0.717, 1.165) is 12.0 Å². The second kappa shape index (κ2) is 7.16. The van der Waals surface area contributed by atoms with E-state index in [1.54, 1.807) is 12.1 Å². The van der Waals surface area contributed by atoms with E-state index < -0.39 is 5.91 Å². The van der Waals surface area contributed by atoms with Crippen LogP contribution in [-0.2, 0) is 11.2 Å². The Kier molecular flexibility index (Phi) is 5.85. The number of rotatable bonds is 6. The molecule has 0 aliphatic rings. The van der Waals surface area contributed by atoms with Gasteiger partial charge in [-0.15, -0.1) is 0 Å². The number of nitrogens with two attached hydrogens (primary N) is 1. The summed E-state index contributed by atoms with van der Waals surface area (Å²) in [4.78, 5) is 22.4. The van der Waals surface area contributed by atoms with E-state index in [-0.39, 0.29) is 11.9 Å². The van der Waals surface area contributed by atoms with Crippen molar-refractivity contribution in [3.8, 4) is 0 Å². The molecule has 1 rings (SSSR count). The summed E-state index contributed by atoms with van der Waals surface area (Å²) in [6, 6.07) is 7.35. The van der Waals surface area contributed by atoms with Crippen LogP contribution in [0.15, 0.2) is 24.3 Å². The highest BCUT2D eigenvalue weighted by Gasteiger charge is 2.10. The molecule has 1 aromatic carbocycles. The second-order valence-electron chi connectivity index (χ2n) is 4.16. The fourth-order valence-electron chi connectivity index (χ4n) is 1.74. The molecular formula is C13H17BrN2O2. The van der Waals surface area contributed by atoms with Crippen molar-refractivity contribution >= 4 is 27.7 Å². The van der Waals surface area contributed by atoms with E-state index in [0.29, 0.717) is 17.3 Å². The number of primary amides is 1. The predicted molar refractivity (Wildman–Crippen MR) is 74.7 cm³/mol. The molecule has 1 unspecified atom stereocenters. The van der Waals surface area contributed by atoms with Gasteiger partial charge in [0.2, 0.25) is 11.8 Å². The van der Waals surface area contributed by atoms with Gasteiger partial charge in [-0.1, -0.05) is 34.1 Å². The molecule has 3 N–H and O–H groups in total. The molecule has 0 heterocycles. The predicted octanol–water partition coefficient (Wildman–Crippen LogP) is 1.62. The molecule has 0 fully saturated rings. The van der Waals surface area contributed by atoms with Crippen molar-refractivity contribution in [3.63, 3.8) is 0 Å². The van der Waals surface area contributed by atoms with E-state index in [9.17, 15) is 9.59 Å². The summed E-state index contributed by atoms with van der Waals surface area (Å²) in [5, 5.41) is 3.15. The van der Waals surface area contributed by atoms with Gasteiger partial charge in [-0.3, -0.25) is 9.59 Å². The first-order chi connectivity index (χ1) is 8.54. The smallest absolute Gasteiger partial charge is 0.248 e. The molecule has 0 aliphatic heterocycles. The highest BCUT2D eigenvalue weighted by atomic mass is 79.9. The van der Waals surface area contributed by atoms with Crippen molar-refractivity contribution in [1.82, 2.24) is 5.32 Å². The van der Waals surface area contributed by atoms with E-state index in [1.807, 2.05) is 19.1 Å². The van der Waals surface area contributed by atoms with Crippen LogP contribution in [0.1, 0.15) is 29.3 Å². The summed E-state index contributed by atoms with van der Waals surface area (Å²) in [7, 11) is 0. The SMILES string of the molecule is CC(CCc1ccccc1C(N)=O)NC(=O)CBr. The summed E-state index contributed by atoms with van der Waals surface area (Å²) < 4.78 is 0. The van der Waals surface area contributed by atoms with Crippen LogP contribution in [-0.4, -0.2) is 23.2 Å². The van der Waals surface area contributed by atoms with E-state index >= 15 is 0 Å². The molecule has 1 aromatic rings. The molecule has 0 spiro atoms. The number of hydrogen-bond acceptors (Lipinski definition) is 2. The van der Waals surface area contributed by atoms with Crippen molar-refractivity contribution in [1.29, 1.82) is 0 Å². The van der Waals surface area contributed by atoms with E-state index in [1.165, 1.54) is 0 Å². The first-order valence-corrected chi connectivity index (χ1v) is 6.89. The number of benzene rings is 1.